The topological polar surface area (TPSA) is 92.8 Å². The Bertz CT molecular complexity index is 1040. The molecule has 2 aromatic heterocycles. The normalized spacial score (nSPS) is 14.1. The Morgan fingerprint density at radius 3 is 2.80 bits per heavy atom. The molecule has 0 bridgehead atoms. The van der Waals surface area contributed by atoms with Crippen LogP contribution in [0, 0.1) is 0 Å². The maximum absolute atomic E-state index is 12.4. The molecule has 3 heterocycles. The summed E-state index contributed by atoms with van der Waals surface area (Å²) in [5.74, 6) is 0.783. The van der Waals surface area contributed by atoms with Gasteiger partial charge in [-0.05, 0) is 12.0 Å². The lowest BCUT2D eigenvalue weighted by atomic mass is 10.2. The first-order valence-electron chi connectivity index (χ1n) is 8.03. The average Bonchev–Trinajstić information content (AvgIpc) is 2.93. The molecule has 1 aliphatic rings. The van der Waals surface area contributed by atoms with Crippen LogP contribution in [0.4, 0.5) is 5.82 Å². The first kappa shape index (κ1) is 15.2. The lowest BCUT2D eigenvalue weighted by molar-refractivity contribution is 0.634. The fourth-order valence-electron chi connectivity index (χ4n) is 2.95. The number of aromatic amines is 1. The van der Waals surface area contributed by atoms with E-state index in [-0.39, 0.29) is 11.5 Å². The number of rotatable bonds is 3. The van der Waals surface area contributed by atoms with E-state index in [1.165, 1.54) is 0 Å². The summed E-state index contributed by atoms with van der Waals surface area (Å²) in [5.41, 5.74) is 8.71. The van der Waals surface area contributed by atoms with Gasteiger partial charge in [-0.1, -0.05) is 42.5 Å². The summed E-state index contributed by atoms with van der Waals surface area (Å²) in [6.45, 7) is 0.421. The lowest BCUT2D eigenvalue weighted by Gasteiger charge is -2.20. The Kier molecular flexibility index (Phi) is 3.61. The van der Waals surface area contributed by atoms with E-state index >= 15 is 0 Å². The second-order valence-corrected chi connectivity index (χ2v) is 5.95. The largest absolute Gasteiger partial charge is 0.382 e. The fourth-order valence-corrected chi connectivity index (χ4v) is 2.95. The minimum atomic E-state index is -0.247. The van der Waals surface area contributed by atoms with Gasteiger partial charge in [0.15, 0.2) is 17.3 Å². The minimum absolute atomic E-state index is 0.247. The van der Waals surface area contributed by atoms with Crippen molar-refractivity contribution in [2.24, 2.45) is 0 Å². The number of aromatic nitrogens is 4. The molecule has 0 saturated carbocycles. The first-order chi connectivity index (χ1) is 12.1. The van der Waals surface area contributed by atoms with E-state index in [9.17, 15) is 4.79 Å². The van der Waals surface area contributed by atoms with E-state index in [1.54, 1.807) is 4.57 Å². The van der Waals surface area contributed by atoms with E-state index in [0.717, 1.165) is 17.7 Å². The van der Waals surface area contributed by atoms with Crippen LogP contribution in [0.5, 0.6) is 0 Å². The smallest absolute Gasteiger partial charge is 0.328 e. The van der Waals surface area contributed by atoms with E-state index in [2.05, 4.69) is 15.0 Å². The zero-order chi connectivity index (χ0) is 17.4. The van der Waals surface area contributed by atoms with Crippen molar-refractivity contribution in [2.45, 2.75) is 13.0 Å². The number of nitrogens with two attached hydrogens (primary N) is 1. The van der Waals surface area contributed by atoms with Gasteiger partial charge in [0.05, 0.1) is 12.2 Å². The molecule has 0 unspecified atom stereocenters. The zero-order valence-corrected chi connectivity index (χ0v) is 13.8. The van der Waals surface area contributed by atoms with Gasteiger partial charge in [0, 0.05) is 13.2 Å². The summed E-state index contributed by atoms with van der Waals surface area (Å²) in [4.78, 5) is 26.1. The van der Waals surface area contributed by atoms with Crippen molar-refractivity contribution in [2.75, 3.05) is 12.8 Å². The Morgan fingerprint density at radius 2 is 2.04 bits per heavy atom. The predicted octanol–water partition coefficient (Wildman–Crippen LogP) is 1.94. The van der Waals surface area contributed by atoms with Gasteiger partial charge >= 0.3 is 5.69 Å². The number of allylic oxidation sites excluding steroid dienone is 2. The van der Waals surface area contributed by atoms with Gasteiger partial charge in [-0.25, -0.2) is 14.8 Å². The summed E-state index contributed by atoms with van der Waals surface area (Å²) in [6, 6.07) is 9.77. The van der Waals surface area contributed by atoms with Crippen LogP contribution in [-0.4, -0.2) is 31.5 Å². The van der Waals surface area contributed by atoms with Crippen molar-refractivity contribution in [3.63, 3.8) is 0 Å². The van der Waals surface area contributed by atoms with Gasteiger partial charge in [0.2, 0.25) is 0 Å². The Morgan fingerprint density at radius 1 is 1.24 bits per heavy atom. The number of hydrogen-bond acceptors (Lipinski definition) is 5. The van der Waals surface area contributed by atoms with Crippen LogP contribution in [0.3, 0.4) is 0 Å². The number of nitrogens with one attached hydrogen (secondary N) is 1. The number of imidazole rings is 1. The van der Waals surface area contributed by atoms with Gasteiger partial charge in [0.25, 0.3) is 0 Å². The number of fused-ring (bicyclic) bond motifs is 1. The molecule has 0 aliphatic carbocycles. The average molecular weight is 334 g/mol. The highest BCUT2D eigenvalue weighted by molar-refractivity contribution is 5.83. The van der Waals surface area contributed by atoms with Crippen LogP contribution < -0.4 is 11.4 Å². The molecule has 1 aromatic carbocycles. The SMILES string of the molecule is CN1C=CCC=C1c1nc(N)c2[nH]c(=O)n(Cc3ccccc3)c2n1. The maximum Gasteiger partial charge on any atom is 0.328 e. The Hall–Kier alpha value is -3.35. The number of hydrogen-bond donors (Lipinski definition) is 2. The van der Waals surface area contributed by atoms with Crippen molar-refractivity contribution in [1.29, 1.82) is 0 Å². The minimum Gasteiger partial charge on any atom is -0.382 e. The molecule has 0 amide bonds. The number of H-pyrrole nitrogens is 1. The van der Waals surface area contributed by atoms with Crippen LogP contribution in [0.1, 0.15) is 17.8 Å². The van der Waals surface area contributed by atoms with E-state index in [4.69, 9.17) is 5.73 Å². The highest BCUT2D eigenvalue weighted by Crippen LogP contribution is 2.23. The lowest BCUT2D eigenvalue weighted by Crippen LogP contribution is -2.18. The molecular weight excluding hydrogens is 316 g/mol. The second-order valence-electron chi connectivity index (χ2n) is 5.95. The third-order valence-electron chi connectivity index (χ3n) is 4.22. The highest BCUT2D eigenvalue weighted by atomic mass is 16.1. The summed E-state index contributed by atoms with van der Waals surface area (Å²) in [6.07, 6.45) is 6.86. The van der Waals surface area contributed by atoms with Crippen LogP contribution in [0.15, 0.2) is 53.5 Å². The van der Waals surface area contributed by atoms with Crippen LogP contribution in [0.25, 0.3) is 16.9 Å². The van der Waals surface area contributed by atoms with Crippen molar-refractivity contribution in [3.05, 3.63) is 70.6 Å². The van der Waals surface area contributed by atoms with Gasteiger partial charge in [0.1, 0.15) is 5.52 Å². The standard InChI is InChI=1S/C18H18N6O/c1-23-10-6-5-9-13(23)16-21-15(19)14-17(22-16)24(18(25)20-14)11-12-7-3-2-4-8-12/h2-4,6-10H,5,11H2,1H3,(H,20,25)(H2,19,21,22). The van der Waals surface area contributed by atoms with Gasteiger partial charge in [-0.15, -0.1) is 0 Å². The molecule has 0 radical (unpaired) electrons. The monoisotopic (exact) mass is 334 g/mol. The van der Waals surface area contributed by atoms with Gasteiger partial charge in [-0.3, -0.25) is 4.57 Å². The fraction of sp³-hybridized carbons (Fsp3) is 0.167. The zero-order valence-electron chi connectivity index (χ0n) is 13.8. The molecule has 126 valence electrons. The summed E-state index contributed by atoms with van der Waals surface area (Å²) in [5, 5.41) is 0. The summed E-state index contributed by atoms with van der Waals surface area (Å²) < 4.78 is 1.59. The Labute approximate surface area is 144 Å². The van der Waals surface area contributed by atoms with E-state index < -0.39 is 0 Å². The molecule has 0 fully saturated rings. The number of nitrogens with zero attached hydrogens (tertiary/aromatic N) is 4. The van der Waals surface area contributed by atoms with Gasteiger partial charge in [-0.2, -0.15) is 0 Å². The molecular formula is C18H18N6O. The molecule has 4 rings (SSSR count). The van der Waals surface area contributed by atoms with Crippen LogP contribution >= 0.6 is 0 Å². The Balaban J connectivity index is 1.85. The molecule has 25 heavy (non-hydrogen) atoms. The highest BCUT2D eigenvalue weighted by Gasteiger charge is 2.18. The molecule has 7 nitrogen and oxygen atoms in total. The van der Waals surface area contributed by atoms with E-state index in [1.807, 2.05) is 60.6 Å². The van der Waals surface area contributed by atoms with Crippen LogP contribution in [-0.2, 0) is 6.54 Å². The second kappa shape index (κ2) is 5.94. The molecule has 3 N–H and O–H groups in total. The summed E-state index contributed by atoms with van der Waals surface area (Å²) in [7, 11) is 1.93. The molecule has 3 aromatic rings. The number of anilines is 1. The molecule has 1 aliphatic heterocycles. The summed E-state index contributed by atoms with van der Waals surface area (Å²) >= 11 is 0. The molecule has 7 heteroatoms. The number of benzene rings is 1. The third-order valence-corrected chi connectivity index (χ3v) is 4.22. The molecule has 0 spiro atoms. The molecule has 0 saturated heterocycles. The maximum atomic E-state index is 12.4. The van der Waals surface area contributed by atoms with Crippen molar-refractivity contribution < 1.29 is 0 Å². The quantitative estimate of drug-likeness (QED) is 0.763. The molecule has 0 atom stereocenters. The van der Waals surface area contributed by atoms with Crippen molar-refractivity contribution in [3.8, 4) is 0 Å². The van der Waals surface area contributed by atoms with Gasteiger partial charge < -0.3 is 15.6 Å². The van der Waals surface area contributed by atoms with E-state index in [0.29, 0.717) is 23.5 Å². The first-order valence-corrected chi connectivity index (χ1v) is 8.03. The predicted molar refractivity (Wildman–Crippen MR) is 97.6 cm³/mol. The third kappa shape index (κ3) is 2.69. The van der Waals surface area contributed by atoms with Crippen LogP contribution in [0.2, 0.25) is 0 Å². The van der Waals surface area contributed by atoms with Crippen molar-refractivity contribution >= 4 is 22.7 Å². The number of nitrogen functional groups attached to an aromatic ring is 1. The van der Waals surface area contributed by atoms with Crippen molar-refractivity contribution in [1.82, 2.24) is 24.4 Å².